The maximum Gasteiger partial charge on any atom is 0.307 e. The minimum absolute atomic E-state index is 0.121. The molecule has 2 aliphatic rings. The Morgan fingerprint density at radius 2 is 2.00 bits per heavy atom. The van der Waals surface area contributed by atoms with Gasteiger partial charge in [0.1, 0.15) is 0 Å². The van der Waals surface area contributed by atoms with Crippen molar-refractivity contribution in [1.29, 1.82) is 0 Å². The average Bonchev–Trinajstić information content (AvgIpc) is 2.45. The number of nitrogens with zero attached hydrogens (tertiary/aromatic N) is 1. The van der Waals surface area contributed by atoms with Gasteiger partial charge in [0.15, 0.2) is 0 Å². The van der Waals surface area contributed by atoms with E-state index in [2.05, 4.69) is 5.32 Å². The lowest BCUT2D eigenvalue weighted by Crippen LogP contribution is -2.41. The van der Waals surface area contributed by atoms with Crippen molar-refractivity contribution in [3.05, 3.63) is 23.8 Å². The van der Waals surface area contributed by atoms with Crippen LogP contribution in [0.5, 0.6) is 0 Å². The fourth-order valence-electron chi connectivity index (χ4n) is 3.33. The Balaban J connectivity index is 1.74. The van der Waals surface area contributed by atoms with Crippen LogP contribution in [0.25, 0.3) is 0 Å². The average molecular weight is 316 g/mol. The second-order valence-corrected chi connectivity index (χ2v) is 6.10. The van der Waals surface area contributed by atoms with Crippen LogP contribution >= 0.6 is 0 Å². The number of anilines is 2. The zero-order valence-electron chi connectivity index (χ0n) is 13.0. The number of nitrogens with one attached hydrogen (secondary N) is 1. The van der Waals surface area contributed by atoms with E-state index < -0.39 is 17.8 Å². The lowest BCUT2D eigenvalue weighted by atomic mass is 9.73. The van der Waals surface area contributed by atoms with Crippen LogP contribution in [0.4, 0.5) is 11.4 Å². The molecule has 1 saturated carbocycles. The molecule has 3 rings (SSSR count). The molecule has 1 aliphatic carbocycles. The summed E-state index contributed by atoms with van der Waals surface area (Å²) in [5.74, 6) is -2.03. The number of carboxylic acid groups (broad SMARTS) is 1. The van der Waals surface area contributed by atoms with E-state index in [1.807, 2.05) is 19.1 Å². The number of rotatable bonds is 4. The fraction of sp³-hybridized carbons (Fsp3) is 0.471. The predicted octanol–water partition coefficient (Wildman–Crippen LogP) is 2.03. The van der Waals surface area contributed by atoms with Gasteiger partial charge in [0.05, 0.1) is 11.8 Å². The highest BCUT2D eigenvalue weighted by Crippen LogP contribution is 2.36. The number of carbonyl (C=O) groups is 3. The van der Waals surface area contributed by atoms with Gasteiger partial charge in [0.2, 0.25) is 11.8 Å². The van der Waals surface area contributed by atoms with Gasteiger partial charge in [0, 0.05) is 24.3 Å². The van der Waals surface area contributed by atoms with Crippen LogP contribution < -0.4 is 10.2 Å². The van der Waals surface area contributed by atoms with E-state index in [0.29, 0.717) is 37.9 Å². The van der Waals surface area contributed by atoms with Crippen LogP contribution in [-0.2, 0) is 20.8 Å². The van der Waals surface area contributed by atoms with E-state index in [1.165, 1.54) is 0 Å². The number of carboxylic acids is 1. The van der Waals surface area contributed by atoms with Gasteiger partial charge in [0.25, 0.3) is 0 Å². The molecule has 1 aromatic carbocycles. The van der Waals surface area contributed by atoms with Crippen molar-refractivity contribution in [2.24, 2.45) is 11.8 Å². The second kappa shape index (κ2) is 6.02. The lowest BCUT2D eigenvalue weighted by molar-refractivity contribution is -0.151. The van der Waals surface area contributed by atoms with Gasteiger partial charge in [-0.3, -0.25) is 14.4 Å². The first-order valence-electron chi connectivity index (χ1n) is 7.98. The molecule has 23 heavy (non-hydrogen) atoms. The van der Waals surface area contributed by atoms with Crippen LogP contribution in [0.3, 0.4) is 0 Å². The third-order valence-corrected chi connectivity index (χ3v) is 4.79. The summed E-state index contributed by atoms with van der Waals surface area (Å²) >= 11 is 0. The molecule has 6 nitrogen and oxygen atoms in total. The molecule has 2 N–H and O–H groups in total. The van der Waals surface area contributed by atoms with Gasteiger partial charge < -0.3 is 15.3 Å². The van der Waals surface area contributed by atoms with Gasteiger partial charge in [-0.1, -0.05) is 0 Å². The van der Waals surface area contributed by atoms with Gasteiger partial charge in [-0.15, -0.1) is 0 Å². The maximum atomic E-state index is 12.2. The normalized spacial score (nSPS) is 23.0. The standard InChI is InChI=1S/C17H20N2O4/c1-2-19-14-7-4-11(9-10(14)3-8-15(19)20)18-16(21)12-5-6-13(12)17(22)23/h4,7,9,12-13H,2-3,5-6,8H2,1H3,(H,18,21)(H,22,23). The zero-order valence-corrected chi connectivity index (χ0v) is 13.0. The van der Waals surface area contributed by atoms with E-state index >= 15 is 0 Å². The molecule has 6 heteroatoms. The predicted molar refractivity (Wildman–Crippen MR) is 85.3 cm³/mol. The highest BCUT2D eigenvalue weighted by Gasteiger charge is 2.41. The van der Waals surface area contributed by atoms with Crippen LogP contribution in [0.2, 0.25) is 0 Å². The number of aliphatic carboxylic acids is 1. The summed E-state index contributed by atoms with van der Waals surface area (Å²) in [6.45, 7) is 2.56. The van der Waals surface area contributed by atoms with Crippen molar-refractivity contribution in [1.82, 2.24) is 0 Å². The van der Waals surface area contributed by atoms with Crippen molar-refractivity contribution in [3.8, 4) is 0 Å². The van der Waals surface area contributed by atoms with Crippen molar-refractivity contribution < 1.29 is 19.5 Å². The van der Waals surface area contributed by atoms with Gasteiger partial charge >= 0.3 is 5.97 Å². The number of amides is 2. The number of hydrogen-bond acceptors (Lipinski definition) is 3. The quantitative estimate of drug-likeness (QED) is 0.890. The molecule has 0 bridgehead atoms. The van der Waals surface area contributed by atoms with E-state index in [4.69, 9.17) is 5.11 Å². The number of aryl methyl sites for hydroxylation is 1. The third-order valence-electron chi connectivity index (χ3n) is 4.79. The van der Waals surface area contributed by atoms with Crippen LogP contribution in [0, 0.1) is 11.8 Å². The Morgan fingerprint density at radius 3 is 2.61 bits per heavy atom. The molecule has 122 valence electrons. The number of hydrogen-bond donors (Lipinski definition) is 2. The largest absolute Gasteiger partial charge is 0.481 e. The zero-order chi connectivity index (χ0) is 16.6. The lowest BCUT2D eigenvalue weighted by Gasteiger charge is -2.32. The molecule has 0 radical (unpaired) electrons. The van der Waals surface area contributed by atoms with Gasteiger partial charge in [-0.25, -0.2) is 0 Å². The van der Waals surface area contributed by atoms with Gasteiger partial charge in [-0.2, -0.15) is 0 Å². The second-order valence-electron chi connectivity index (χ2n) is 6.10. The Hall–Kier alpha value is -2.37. The number of fused-ring (bicyclic) bond motifs is 1. The summed E-state index contributed by atoms with van der Waals surface area (Å²) in [5, 5.41) is 11.9. The Morgan fingerprint density at radius 1 is 1.26 bits per heavy atom. The first-order valence-corrected chi connectivity index (χ1v) is 7.98. The molecule has 2 atom stereocenters. The van der Waals surface area contributed by atoms with E-state index in [9.17, 15) is 14.4 Å². The molecule has 2 amide bonds. The number of benzene rings is 1. The summed E-state index contributed by atoms with van der Waals surface area (Å²) in [7, 11) is 0. The molecule has 1 fully saturated rings. The van der Waals surface area contributed by atoms with Crippen molar-refractivity contribution >= 4 is 29.2 Å². The SMILES string of the molecule is CCN1C(=O)CCc2cc(NC(=O)C3CCC3C(=O)O)ccc21. The molecular weight excluding hydrogens is 296 g/mol. The smallest absolute Gasteiger partial charge is 0.307 e. The molecule has 1 aliphatic heterocycles. The molecule has 0 aromatic heterocycles. The minimum Gasteiger partial charge on any atom is -0.481 e. The third kappa shape index (κ3) is 2.81. The highest BCUT2D eigenvalue weighted by molar-refractivity contribution is 5.98. The highest BCUT2D eigenvalue weighted by atomic mass is 16.4. The molecule has 1 aromatic rings. The van der Waals surface area contributed by atoms with Crippen molar-refractivity contribution in [2.45, 2.75) is 32.6 Å². The summed E-state index contributed by atoms with van der Waals surface area (Å²) in [5.41, 5.74) is 2.59. The molecule has 1 heterocycles. The van der Waals surface area contributed by atoms with Crippen molar-refractivity contribution in [3.63, 3.8) is 0 Å². The Kier molecular flexibility index (Phi) is 4.07. The minimum atomic E-state index is -0.904. The summed E-state index contributed by atoms with van der Waals surface area (Å²) in [6.07, 6.45) is 2.31. The van der Waals surface area contributed by atoms with E-state index in [1.54, 1.807) is 11.0 Å². The Labute approximate surface area is 134 Å². The first-order chi connectivity index (χ1) is 11.0. The van der Waals surface area contributed by atoms with Crippen LogP contribution in [-0.4, -0.2) is 29.4 Å². The number of carbonyl (C=O) groups excluding carboxylic acids is 2. The van der Waals surface area contributed by atoms with Crippen LogP contribution in [0.15, 0.2) is 18.2 Å². The summed E-state index contributed by atoms with van der Waals surface area (Å²) in [4.78, 5) is 36.9. The van der Waals surface area contributed by atoms with Gasteiger partial charge in [-0.05, 0) is 49.9 Å². The molecule has 0 spiro atoms. The van der Waals surface area contributed by atoms with Crippen LogP contribution in [0.1, 0.15) is 31.7 Å². The maximum absolute atomic E-state index is 12.2. The van der Waals surface area contributed by atoms with Crippen molar-refractivity contribution in [2.75, 3.05) is 16.8 Å². The topological polar surface area (TPSA) is 86.7 Å². The Bertz CT molecular complexity index is 671. The monoisotopic (exact) mass is 316 g/mol. The molecule has 0 saturated heterocycles. The summed E-state index contributed by atoms with van der Waals surface area (Å²) < 4.78 is 0. The first kappa shape index (κ1) is 15.5. The van der Waals surface area contributed by atoms with E-state index in [-0.39, 0.29) is 11.8 Å². The fourth-order valence-corrected chi connectivity index (χ4v) is 3.33. The molecular formula is C17H20N2O4. The van der Waals surface area contributed by atoms with E-state index in [0.717, 1.165) is 11.3 Å². The molecule has 2 unspecified atom stereocenters. The summed E-state index contributed by atoms with van der Waals surface area (Å²) in [6, 6.07) is 5.50.